The third-order valence-corrected chi connectivity index (χ3v) is 1.58. The first kappa shape index (κ1) is 7.21. The van der Waals surface area contributed by atoms with E-state index in [4.69, 9.17) is 5.11 Å². The molecule has 4 nitrogen and oxygen atoms in total. The number of aliphatic hydroxyl groups is 1. The number of amides is 1. The Bertz CT molecular complexity index is 157. The molecule has 0 aromatic rings. The summed E-state index contributed by atoms with van der Waals surface area (Å²) >= 11 is 0. The van der Waals surface area contributed by atoms with E-state index in [0.717, 1.165) is 0 Å². The Kier molecular flexibility index (Phi) is 2.01. The van der Waals surface area contributed by atoms with Crippen LogP contribution in [0.1, 0.15) is 6.42 Å². The van der Waals surface area contributed by atoms with Gasteiger partial charge in [0.1, 0.15) is 0 Å². The van der Waals surface area contributed by atoms with E-state index in [1.54, 1.807) is 0 Å². The van der Waals surface area contributed by atoms with E-state index in [1.165, 1.54) is 4.90 Å². The van der Waals surface area contributed by atoms with Crippen molar-refractivity contribution in [2.45, 2.75) is 12.5 Å². The molecule has 0 radical (unpaired) electrons. The van der Waals surface area contributed by atoms with Gasteiger partial charge in [-0.05, 0) is 6.42 Å². The van der Waals surface area contributed by atoms with Crippen molar-refractivity contribution in [3.63, 3.8) is 0 Å². The molecule has 1 aliphatic heterocycles. The second-order valence-electron chi connectivity index (χ2n) is 2.34. The molecule has 1 N–H and O–H groups in total. The Morgan fingerprint density at radius 2 is 2.40 bits per heavy atom. The Morgan fingerprint density at radius 3 is 2.80 bits per heavy atom. The molecule has 0 saturated carbocycles. The minimum absolute atomic E-state index is 0.276. The predicted octanol–water partition coefficient (Wildman–Crippen LogP) is -1.22. The maximum Gasteiger partial charge on any atom is 0.286 e. The molecule has 4 heteroatoms. The molecule has 1 atom stereocenters. The van der Waals surface area contributed by atoms with Crippen molar-refractivity contribution in [1.29, 1.82) is 0 Å². The molecule has 1 saturated heterocycles. The molecule has 0 spiro atoms. The van der Waals surface area contributed by atoms with Gasteiger partial charge >= 0.3 is 0 Å². The van der Waals surface area contributed by atoms with Gasteiger partial charge in [0.05, 0.1) is 6.10 Å². The maximum atomic E-state index is 10.6. The average Bonchev–Trinajstić information content (AvgIpc) is 2.34. The van der Waals surface area contributed by atoms with Crippen LogP contribution in [0.5, 0.6) is 0 Å². The lowest BCUT2D eigenvalue weighted by Gasteiger charge is -2.09. The van der Waals surface area contributed by atoms with E-state index < -0.39 is 12.0 Å². The highest BCUT2D eigenvalue weighted by atomic mass is 16.3. The predicted molar refractivity (Wildman–Crippen MR) is 33.3 cm³/mol. The zero-order valence-corrected chi connectivity index (χ0v) is 5.49. The second kappa shape index (κ2) is 2.79. The van der Waals surface area contributed by atoms with Crippen LogP contribution < -0.4 is 0 Å². The summed E-state index contributed by atoms with van der Waals surface area (Å²) in [6.07, 6.45) is 0.418. The Labute approximate surface area is 58.4 Å². The van der Waals surface area contributed by atoms with Gasteiger partial charge < -0.3 is 10.0 Å². The molecule has 1 amide bonds. The molecule has 1 rings (SSSR count). The normalized spacial score (nSPS) is 24.9. The lowest BCUT2D eigenvalue weighted by atomic mass is 10.3. The summed E-state index contributed by atoms with van der Waals surface area (Å²) in [5.74, 6) is -0.531. The van der Waals surface area contributed by atoms with Crippen LogP contribution in [0.3, 0.4) is 0 Å². The van der Waals surface area contributed by atoms with Crippen LogP contribution in [0.15, 0.2) is 0 Å². The lowest BCUT2D eigenvalue weighted by molar-refractivity contribution is -0.138. The van der Waals surface area contributed by atoms with Gasteiger partial charge in [0.2, 0.25) is 6.29 Å². The van der Waals surface area contributed by atoms with Gasteiger partial charge in [-0.2, -0.15) is 0 Å². The van der Waals surface area contributed by atoms with Crippen molar-refractivity contribution in [2.24, 2.45) is 0 Å². The van der Waals surface area contributed by atoms with Crippen LogP contribution in [-0.2, 0) is 9.59 Å². The van der Waals surface area contributed by atoms with Crippen molar-refractivity contribution in [3.05, 3.63) is 0 Å². The smallest absolute Gasteiger partial charge is 0.286 e. The molecular weight excluding hydrogens is 134 g/mol. The largest absolute Gasteiger partial charge is 0.391 e. The number of rotatable bonds is 1. The molecule has 1 aliphatic rings. The van der Waals surface area contributed by atoms with Crippen LogP contribution in [-0.4, -0.2) is 41.4 Å². The molecule has 1 fully saturated rings. The Balaban J connectivity index is 2.44. The summed E-state index contributed by atoms with van der Waals surface area (Å²) in [6, 6.07) is 0. The van der Waals surface area contributed by atoms with Gasteiger partial charge in [0.15, 0.2) is 0 Å². The van der Waals surface area contributed by atoms with Crippen LogP contribution in [0.25, 0.3) is 0 Å². The van der Waals surface area contributed by atoms with Crippen molar-refractivity contribution in [3.8, 4) is 0 Å². The summed E-state index contributed by atoms with van der Waals surface area (Å²) in [7, 11) is 0. The van der Waals surface area contributed by atoms with Gasteiger partial charge in [0, 0.05) is 13.1 Å². The van der Waals surface area contributed by atoms with Gasteiger partial charge in [-0.3, -0.25) is 9.59 Å². The van der Waals surface area contributed by atoms with Crippen molar-refractivity contribution in [2.75, 3.05) is 13.1 Å². The fourth-order valence-electron chi connectivity index (χ4n) is 1.02. The van der Waals surface area contributed by atoms with E-state index in [9.17, 15) is 9.59 Å². The minimum atomic E-state index is -0.531. The third kappa shape index (κ3) is 1.33. The highest BCUT2D eigenvalue weighted by molar-refractivity contribution is 6.23. The number of nitrogens with zero attached hydrogens (tertiary/aromatic N) is 1. The van der Waals surface area contributed by atoms with Crippen molar-refractivity contribution in [1.82, 2.24) is 4.90 Å². The number of hydrogen-bond donors (Lipinski definition) is 1. The zero-order chi connectivity index (χ0) is 7.56. The van der Waals surface area contributed by atoms with Gasteiger partial charge in [0.25, 0.3) is 5.91 Å². The van der Waals surface area contributed by atoms with Crippen molar-refractivity contribution >= 4 is 12.2 Å². The maximum absolute atomic E-state index is 10.6. The molecule has 0 aliphatic carbocycles. The summed E-state index contributed by atoms with van der Waals surface area (Å²) in [6.45, 7) is 0.802. The minimum Gasteiger partial charge on any atom is -0.391 e. The number of β-amino-alcohol motifs (C(OH)–C–C–N with tert-alkyl or cyclic N) is 1. The molecule has 1 heterocycles. The average molecular weight is 143 g/mol. The first-order valence-corrected chi connectivity index (χ1v) is 3.16. The fraction of sp³-hybridized carbons (Fsp3) is 0.667. The van der Waals surface area contributed by atoms with E-state index in [2.05, 4.69) is 0 Å². The zero-order valence-electron chi connectivity index (χ0n) is 5.49. The van der Waals surface area contributed by atoms with Crippen LogP contribution in [0, 0.1) is 0 Å². The Hall–Kier alpha value is -0.900. The fourth-order valence-corrected chi connectivity index (χ4v) is 1.02. The first-order chi connectivity index (χ1) is 4.74. The summed E-state index contributed by atoms with van der Waals surface area (Å²) in [5.41, 5.74) is 0. The van der Waals surface area contributed by atoms with Crippen LogP contribution in [0.2, 0.25) is 0 Å². The summed E-state index contributed by atoms with van der Waals surface area (Å²) in [4.78, 5) is 21.9. The van der Waals surface area contributed by atoms with Gasteiger partial charge in [-0.25, -0.2) is 0 Å². The van der Waals surface area contributed by atoms with E-state index >= 15 is 0 Å². The molecule has 10 heavy (non-hydrogen) atoms. The second-order valence-corrected chi connectivity index (χ2v) is 2.34. The number of aldehydes is 1. The highest BCUT2D eigenvalue weighted by Crippen LogP contribution is 2.07. The third-order valence-electron chi connectivity index (χ3n) is 1.58. The quantitative estimate of drug-likeness (QED) is 0.369. The highest BCUT2D eigenvalue weighted by Gasteiger charge is 2.23. The number of aliphatic hydroxyl groups excluding tert-OH is 1. The van der Waals surface area contributed by atoms with Gasteiger partial charge in [-0.15, -0.1) is 0 Å². The lowest BCUT2D eigenvalue weighted by Crippen LogP contribution is -2.30. The van der Waals surface area contributed by atoms with E-state index in [1.807, 2.05) is 0 Å². The topological polar surface area (TPSA) is 57.6 Å². The van der Waals surface area contributed by atoms with Crippen LogP contribution in [0.4, 0.5) is 0 Å². The summed E-state index contributed by atoms with van der Waals surface area (Å²) in [5, 5.41) is 8.93. The number of likely N-dealkylation sites (tertiary alicyclic amines) is 1. The SMILES string of the molecule is O=CC(=O)N1CC[C@@H](O)C1. The molecule has 0 aromatic carbocycles. The van der Waals surface area contributed by atoms with Gasteiger partial charge in [-0.1, -0.05) is 0 Å². The number of hydrogen-bond acceptors (Lipinski definition) is 3. The number of carbonyl (C=O) groups is 2. The molecule has 0 bridgehead atoms. The van der Waals surface area contributed by atoms with E-state index in [0.29, 0.717) is 19.5 Å². The molecule has 56 valence electrons. The molecular formula is C6H9NO3. The van der Waals surface area contributed by atoms with E-state index in [-0.39, 0.29) is 6.29 Å². The monoisotopic (exact) mass is 143 g/mol. The summed E-state index contributed by atoms with van der Waals surface area (Å²) < 4.78 is 0. The standard InChI is InChI=1S/C6H9NO3/c8-4-6(10)7-2-1-5(9)3-7/h4-5,9H,1-3H2/t5-/m1/s1. The number of carbonyl (C=O) groups excluding carboxylic acids is 2. The Morgan fingerprint density at radius 1 is 1.70 bits per heavy atom. The van der Waals surface area contributed by atoms with Crippen LogP contribution >= 0.6 is 0 Å². The molecule has 0 unspecified atom stereocenters. The first-order valence-electron chi connectivity index (χ1n) is 3.16. The molecule has 0 aromatic heterocycles. The van der Waals surface area contributed by atoms with Crippen molar-refractivity contribution < 1.29 is 14.7 Å².